The van der Waals surface area contributed by atoms with Gasteiger partial charge in [-0.2, -0.15) is 0 Å². The van der Waals surface area contributed by atoms with Crippen LogP contribution in [0.25, 0.3) is 0 Å². The zero-order valence-electron chi connectivity index (χ0n) is 13.5. The molecule has 0 radical (unpaired) electrons. The highest BCUT2D eigenvalue weighted by Gasteiger charge is 2.31. The standard InChI is InChI=1S/C18H25F3O2/c1-2-3-4-17(22)15-7-5-13(6-8-15)14-9-11-16(12-10-14)23-18(19,20)21/h9-13,15,17,22H,2-8H2,1H3. The third-order valence-electron chi connectivity index (χ3n) is 4.75. The molecule has 2 rings (SSSR count). The second-order valence-corrected chi connectivity index (χ2v) is 6.44. The minimum absolute atomic E-state index is 0.176. The number of hydrogen-bond acceptors (Lipinski definition) is 2. The molecule has 0 spiro atoms. The molecule has 1 atom stereocenters. The van der Waals surface area contributed by atoms with Crippen molar-refractivity contribution in [1.82, 2.24) is 0 Å². The molecule has 5 heteroatoms. The summed E-state index contributed by atoms with van der Waals surface area (Å²) in [7, 11) is 0. The van der Waals surface area contributed by atoms with E-state index < -0.39 is 6.36 Å². The van der Waals surface area contributed by atoms with Crippen LogP contribution in [0.15, 0.2) is 24.3 Å². The molecule has 1 aliphatic rings. The highest BCUT2D eigenvalue weighted by molar-refractivity contribution is 5.29. The second kappa shape index (κ2) is 8.04. The number of aliphatic hydroxyl groups excluding tert-OH is 1. The molecule has 23 heavy (non-hydrogen) atoms. The van der Waals surface area contributed by atoms with Crippen LogP contribution in [0.3, 0.4) is 0 Å². The summed E-state index contributed by atoms with van der Waals surface area (Å²) in [6, 6.07) is 6.20. The van der Waals surface area contributed by atoms with Crippen LogP contribution in [0.1, 0.15) is 63.4 Å². The Kier molecular flexibility index (Phi) is 6.33. The molecule has 0 bridgehead atoms. The molecule has 1 aromatic rings. The number of rotatable bonds is 6. The normalized spacial score (nSPS) is 23.5. The number of hydrogen-bond donors (Lipinski definition) is 1. The van der Waals surface area contributed by atoms with E-state index in [1.807, 2.05) is 0 Å². The van der Waals surface area contributed by atoms with E-state index in [1.165, 1.54) is 12.1 Å². The zero-order valence-corrected chi connectivity index (χ0v) is 13.5. The molecule has 1 N–H and O–H groups in total. The van der Waals surface area contributed by atoms with Crippen LogP contribution >= 0.6 is 0 Å². The van der Waals surface area contributed by atoms with E-state index in [4.69, 9.17) is 0 Å². The van der Waals surface area contributed by atoms with Crippen LogP contribution in [0, 0.1) is 5.92 Å². The van der Waals surface area contributed by atoms with Gasteiger partial charge in [0.05, 0.1) is 6.10 Å². The molecule has 0 amide bonds. The predicted molar refractivity (Wildman–Crippen MR) is 83.4 cm³/mol. The van der Waals surface area contributed by atoms with Gasteiger partial charge in [0.25, 0.3) is 0 Å². The van der Waals surface area contributed by atoms with E-state index in [2.05, 4.69) is 11.7 Å². The molecule has 1 saturated carbocycles. The SMILES string of the molecule is CCCCC(O)C1CCC(c2ccc(OC(F)(F)F)cc2)CC1. The van der Waals surface area contributed by atoms with Gasteiger partial charge < -0.3 is 9.84 Å². The van der Waals surface area contributed by atoms with Gasteiger partial charge in [0.2, 0.25) is 0 Å². The number of alkyl halides is 3. The lowest BCUT2D eigenvalue weighted by Crippen LogP contribution is -2.25. The molecular weight excluding hydrogens is 305 g/mol. The van der Waals surface area contributed by atoms with Gasteiger partial charge in [-0.15, -0.1) is 13.2 Å². The van der Waals surface area contributed by atoms with E-state index in [9.17, 15) is 18.3 Å². The lowest BCUT2D eigenvalue weighted by Gasteiger charge is -2.31. The van der Waals surface area contributed by atoms with Gasteiger partial charge in [0.1, 0.15) is 5.75 Å². The monoisotopic (exact) mass is 330 g/mol. The Balaban J connectivity index is 1.85. The summed E-state index contributed by atoms with van der Waals surface area (Å²) < 4.78 is 40.4. The third-order valence-corrected chi connectivity index (χ3v) is 4.75. The van der Waals surface area contributed by atoms with E-state index >= 15 is 0 Å². The van der Waals surface area contributed by atoms with E-state index in [1.54, 1.807) is 12.1 Å². The maximum atomic E-state index is 12.2. The number of unbranched alkanes of at least 4 members (excludes halogenated alkanes) is 1. The minimum atomic E-state index is -4.64. The van der Waals surface area contributed by atoms with Crippen LogP contribution in [0.2, 0.25) is 0 Å². The summed E-state index contributed by atoms with van der Waals surface area (Å²) in [5.41, 5.74) is 1.06. The molecule has 1 aliphatic carbocycles. The Morgan fingerprint density at radius 3 is 2.26 bits per heavy atom. The summed E-state index contributed by atoms with van der Waals surface area (Å²) in [5.74, 6) is 0.556. The molecule has 1 unspecified atom stereocenters. The van der Waals surface area contributed by atoms with E-state index in [0.717, 1.165) is 50.5 Å². The van der Waals surface area contributed by atoms with Crippen LogP contribution in [0.5, 0.6) is 5.75 Å². The molecule has 1 aromatic carbocycles. The molecule has 130 valence electrons. The molecule has 2 nitrogen and oxygen atoms in total. The van der Waals surface area contributed by atoms with Crippen molar-refractivity contribution in [3.05, 3.63) is 29.8 Å². The fourth-order valence-corrected chi connectivity index (χ4v) is 3.43. The number of aliphatic hydroxyl groups is 1. The average molecular weight is 330 g/mol. The lowest BCUT2D eigenvalue weighted by molar-refractivity contribution is -0.274. The van der Waals surface area contributed by atoms with Gasteiger partial charge in [0, 0.05) is 0 Å². The first-order valence-corrected chi connectivity index (χ1v) is 8.43. The summed E-state index contributed by atoms with van der Waals surface area (Å²) in [4.78, 5) is 0. The number of benzene rings is 1. The van der Waals surface area contributed by atoms with Crippen molar-refractivity contribution < 1.29 is 23.0 Å². The fraction of sp³-hybridized carbons (Fsp3) is 0.667. The van der Waals surface area contributed by atoms with Crippen molar-refractivity contribution in [2.75, 3.05) is 0 Å². The second-order valence-electron chi connectivity index (χ2n) is 6.44. The Bertz CT molecular complexity index is 462. The Hall–Kier alpha value is -1.23. The number of halogens is 3. The predicted octanol–water partition coefficient (Wildman–Crippen LogP) is 5.41. The van der Waals surface area contributed by atoms with Crippen molar-refractivity contribution in [3.63, 3.8) is 0 Å². The highest BCUT2D eigenvalue weighted by Crippen LogP contribution is 2.38. The highest BCUT2D eigenvalue weighted by atomic mass is 19.4. The van der Waals surface area contributed by atoms with Gasteiger partial charge in [-0.25, -0.2) is 0 Å². The first-order valence-electron chi connectivity index (χ1n) is 8.43. The van der Waals surface area contributed by atoms with Crippen molar-refractivity contribution in [1.29, 1.82) is 0 Å². The Morgan fingerprint density at radius 1 is 1.13 bits per heavy atom. The lowest BCUT2D eigenvalue weighted by atomic mass is 9.76. The van der Waals surface area contributed by atoms with Gasteiger partial charge in [-0.3, -0.25) is 0 Å². The maximum Gasteiger partial charge on any atom is 0.573 e. The molecule has 0 heterocycles. The molecule has 0 saturated heterocycles. The Labute approximate surface area is 135 Å². The van der Waals surface area contributed by atoms with Crippen molar-refractivity contribution in [2.45, 2.75) is 70.3 Å². The maximum absolute atomic E-state index is 12.2. The molecule has 1 fully saturated rings. The fourth-order valence-electron chi connectivity index (χ4n) is 3.43. The van der Waals surface area contributed by atoms with E-state index in [-0.39, 0.29) is 11.9 Å². The van der Waals surface area contributed by atoms with Gasteiger partial charge in [-0.05, 0) is 61.6 Å². The van der Waals surface area contributed by atoms with Gasteiger partial charge in [-0.1, -0.05) is 31.9 Å². The largest absolute Gasteiger partial charge is 0.573 e. The summed E-state index contributed by atoms with van der Waals surface area (Å²) in [6.07, 6.45) is 2.09. The van der Waals surface area contributed by atoms with Crippen LogP contribution in [-0.2, 0) is 0 Å². The average Bonchev–Trinajstić information content (AvgIpc) is 2.52. The Morgan fingerprint density at radius 2 is 1.74 bits per heavy atom. The minimum Gasteiger partial charge on any atom is -0.406 e. The quantitative estimate of drug-likeness (QED) is 0.755. The van der Waals surface area contributed by atoms with Crippen LogP contribution in [-0.4, -0.2) is 17.6 Å². The summed E-state index contributed by atoms with van der Waals surface area (Å²) in [6.45, 7) is 2.12. The molecule has 0 aromatic heterocycles. The van der Waals surface area contributed by atoms with Crippen molar-refractivity contribution in [3.8, 4) is 5.75 Å². The smallest absolute Gasteiger partial charge is 0.406 e. The number of ether oxygens (including phenoxy) is 1. The van der Waals surface area contributed by atoms with Crippen LogP contribution < -0.4 is 4.74 Å². The van der Waals surface area contributed by atoms with Crippen molar-refractivity contribution >= 4 is 0 Å². The zero-order chi connectivity index (χ0) is 16.9. The molecular formula is C18H25F3O2. The van der Waals surface area contributed by atoms with E-state index in [0.29, 0.717) is 11.8 Å². The summed E-state index contributed by atoms with van der Waals surface area (Å²) >= 11 is 0. The van der Waals surface area contributed by atoms with Gasteiger partial charge in [0.15, 0.2) is 0 Å². The molecule has 0 aliphatic heterocycles. The first-order chi connectivity index (χ1) is 10.9. The topological polar surface area (TPSA) is 29.5 Å². The summed E-state index contributed by atoms with van der Waals surface area (Å²) in [5, 5.41) is 10.2. The first kappa shape index (κ1) is 18.1. The third kappa shape index (κ3) is 5.72. The van der Waals surface area contributed by atoms with Gasteiger partial charge >= 0.3 is 6.36 Å². The van der Waals surface area contributed by atoms with Crippen LogP contribution in [0.4, 0.5) is 13.2 Å². The van der Waals surface area contributed by atoms with Crippen molar-refractivity contribution in [2.24, 2.45) is 5.92 Å².